The van der Waals surface area contributed by atoms with Crippen molar-refractivity contribution < 1.29 is 9.47 Å². The maximum absolute atomic E-state index is 5.78. The van der Waals surface area contributed by atoms with E-state index in [9.17, 15) is 0 Å². The lowest BCUT2D eigenvalue weighted by atomic mass is 10.2. The third-order valence-corrected chi connectivity index (χ3v) is 2.77. The van der Waals surface area contributed by atoms with Crippen molar-refractivity contribution in [2.45, 2.75) is 27.1 Å². The van der Waals surface area contributed by atoms with Gasteiger partial charge in [0.2, 0.25) is 6.29 Å². The molecule has 0 aromatic heterocycles. The smallest absolute Gasteiger partial charge is 0.238 e. The molecule has 0 bridgehead atoms. The molecule has 0 unspecified atom stereocenters. The standard InChI is InChI=1S/C16H18O2/c1-12-8-4-6-10-15(12)17-14(3)18-16-11-7-5-9-13(16)2/h4-11,14H,1-3H3. The molecular weight excluding hydrogens is 224 g/mol. The van der Waals surface area contributed by atoms with Crippen molar-refractivity contribution in [2.24, 2.45) is 0 Å². The Balaban J connectivity index is 2.04. The van der Waals surface area contributed by atoms with Gasteiger partial charge in [0.1, 0.15) is 11.5 Å². The molecule has 2 heteroatoms. The van der Waals surface area contributed by atoms with E-state index in [1.54, 1.807) is 0 Å². The minimum Gasteiger partial charge on any atom is -0.455 e. The predicted octanol–water partition coefficient (Wildman–Crippen LogP) is 4.11. The van der Waals surface area contributed by atoms with E-state index in [1.165, 1.54) is 0 Å². The van der Waals surface area contributed by atoms with Crippen molar-refractivity contribution in [1.82, 2.24) is 0 Å². The zero-order valence-electron chi connectivity index (χ0n) is 11.0. The van der Waals surface area contributed by atoms with Crippen LogP contribution in [0.1, 0.15) is 18.1 Å². The van der Waals surface area contributed by atoms with Gasteiger partial charge in [-0.15, -0.1) is 0 Å². The second kappa shape index (κ2) is 5.58. The Morgan fingerprint density at radius 2 is 1.11 bits per heavy atom. The second-order valence-electron chi connectivity index (χ2n) is 4.33. The Labute approximate surface area is 108 Å². The predicted molar refractivity (Wildman–Crippen MR) is 73.1 cm³/mol. The summed E-state index contributed by atoms with van der Waals surface area (Å²) in [5, 5.41) is 0. The van der Waals surface area contributed by atoms with Gasteiger partial charge in [0.25, 0.3) is 0 Å². The molecule has 0 spiro atoms. The largest absolute Gasteiger partial charge is 0.455 e. The summed E-state index contributed by atoms with van der Waals surface area (Å²) in [5.74, 6) is 1.72. The average Bonchev–Trinajstić information content (AvgIpc) is 2.35. The van der Waals surface area contributed by atoms with E-state index in [1.807, 2.05) is 69.3 Å². The fourth-order valence-electron chi connectivity index (χ4n) is 1.76. The Kier molecular flexibility index (Phi) is 3.88. The van der Waals surface area contributed by atoms with Gasteiger partial charge in [0.05, 0.1) is 0 Å². The zero-order chi connectivity index (χ0) is 13.0. The molecule has 0 aliphatic rings. The van der Waals surface area contributed by atoms with Crippen LogP contribution in [-0.4, -0.2) is 6.29 Å². The number of para-hydroxylation sites is 2. The number of benzene rings is 2. The number of hydrogen-bond acceptors (Lipinski definition) is 2. The first-order valence-electron chi connectivity index (χ1n) is 6.11. The molecule has 0 amide bonds. The Morgan fingerprint density at radius 1 is 0.722 bits per heavy atom. The third kappa shape index (κ3) is 3.04. The molecule has 0 saturated carbocycles. The molecule has 0 saturated heterocycles. The highest BCUT2D eigenvalue weighted by molar-refractivity contribution is 5.33. The minimum absolute atomic E-state index is 0.313. The van der Waals surface area contributed by atoms with Gasteiger partial charge in [-0.25, -0.2) is 0 Å². The first kappa shape index (κ1) is 12.5. The molecule has 0 atom stereocenters. The van der Waals surface area contributed by atoms with Gasteiger partial charge in [-0.05, 0) is 37.1 Å². The van der Waals surface area contributed by atoms with Crippen molar-refractivity contribution in [3.8, 4) is 11.5 Å². The third-order valence-electron chi connectivity index (χ3n) is 2.77. The molecule has 0 fully saturated rings. The van der Waals surface area contributed by atoms with Crippen LogP contribution in [0.2, 0.25) is 0 Å². The molecule has 2 aromatic rings. The van der Waals surface area contributed by atoms with Crippen molar-refractivity contribution in [3.63, 3.8) is 0 Å². The quantitative estimate of drug-likeness (QED) is 0.751. The van der Waals surface area contributed by atoms with Crippen molar-refractivity contribution >= 4 is 0 Å². The number of aryl methyl sites for hydroxylation is 2. The van der Waals surface area contributed by atoms with E-state index in [2.05, 4.69) is 0 Å². The molecule has 94 valence electrons. The average molecular weight is 242 g/mol. The van der Waals surface area contributed by atoms with Gasteiger partial charge in [0, 0.05) is 6.92 Å². The van der Waals surface area contributed by atoms with E-state index in [-0.39, 0.29) is 6.29 Å². The molecule has 2 aromatic carbocycles. The first-order valence-corrected chi connectivity index (χ1v) is 6.11. The normalized spacial score (nSPS) is 10.4. The lowest BCUT2D eigenvalue weighted by molar-refractivity contribution is 0.0212. The topological polar surface area (TPSA) is 18.5 Å². The van der Waals surface area contributed by atoms with Crippen LogP contribution in [0.4, 0.5) is 0 Å². The van der Waals surface area contributed by atoms with E-state index < -0.39 is 0 Å². The number of ether oxygens (including phenoxy) is 2. The number of rotatable bonds is 4. The van der Waals surface area contributed by atoms with Gasteiger partial charge < -0.3 is 9.47 Å². The van der Waals surface area contributed by atoms with E-state index in [0.29, 0.717) is 0 Å². The van der Waals surface area contributed by atoms with Gasteiger partial charge >= 0.3 is 0 Å². The summed E-state index contributed by atoms with van der Waals surface area (Å²) in [7, 11) is 0. The summed E-state index contributed by atoms with van der Waals surface area (Å²) in [4.78, 5) is 0. The van der Waals surface area contributed by atoms with E-state index in [0.717, 1.165) is 22.6 Å². The van der Waals surface area contributed by atoms with Crippen LogP contribution in [0.5, 0.6) is 11.5 Å². The summed E-state index contributed by atoms with van der Waals surface area (Å²) < 4.78 is 11.6. The molecule has 2 nitrogen and oxygen atoms in total. The summed E-state index contributed by atoms with van der Waals surface area (Å²) in [6.07, 6.45) is -0.313. The van der Waals surface area contributed by atoms with Crippen LogP contribution in [0.15, 0.2) is 48.5 Å². The number of hydrogen-bond donors (Lipinski definition) is 0. The lowest BCUT2D eigenvalue weighted by Crippen LogP contribution is -2.20. The van der Waals surface area contributed by atoms with Crippen LogP contribution < -0.4 is 9.47 Å². The molecule has 0 radical (unpaired) electrons. The lowest BCUT2D eigenvalue weighted by Gasteiger charge is -2.18. The fourth-order valence-corrected chi connectivity index (χ4v) is 1.76. The van der Waals surface area contributed by atoms with E-state index in [4.69, 9.17) is 9.47 Å². The minimum atomic E-state index is -0.313. The molecule has 2 rings (SSSR count). The SMILES string of the molecule is Cc1ccccc1OC(C)Oc1ccccc1C. The highest BCUT2D eigenvalue weighted by Crippen LogP contribution is 2.21. The van der Waals surface area contributed by atoms with Crippen LogP contribution >= 0.6 is 0 Å². The Bertz CT molecular complexity index is 473. The van der Waals surface area contributed by atoms with Gasteiger partial charge in [-0.3, -0.25) is 0 Å². The van der Waals surface area contributed by atoms with Gasteiger partial charge in [0.15, 0.2) is 0 Å². The molecule has 0 heterocycles. The Hall–Kier alpha value is -1.96. The highest BCUT2D eigenvalue weighted by atomic mass is 16.7. The molecule has 0 N–H and O–H groups in total. The maximum Gasteiger partial charge on any atom is 0.238 e. The summed E-state index contributed by atoms with van der Waals surface area (Å²) in [5.41, 5.74) is 2.22. The monoisotopic (exact) mass is 242 g/mol. The van der Waals surface area contributed by atoms with Crippen LogP contribution in [-0.2, 0) is 0 Å². The summed E-state index contributed by atoms with van der Waals surface area (Å²) >= 11 is 0. The van der Waals surface area contributed by atoms with Crippen LogP contribution in [0, 0.1) is 13.8 Å². The Morgan fingerprint density at radius 3 is 1.50 bits per heavy atom. The van der Waals surface area contributed by atoms with Crippen molar-refractivity contribution in [2.75, 3.05) is 0 Å². The van der Waals surface area contributed by atoms with E-state index >= 15 is 0 Å². The van der Waals surface area contributed by atoms with Crippen molar-refractivity contribution in [3.05, 3.63) is 59.7 Å². The molecular formula is C16H18O2. The first-order chi connectivity index (χ1) is 8.66. The molecule has 18 heavy (non-hydrogen) atoms. The summed E-state index contributed by atoms with van der Waals surface area (Å²) in [6, 6.07) is 15.9. The van der Waals surface area contributed by atoms with Crippen LogP contribution in [0.25, 0.3) is 0 Å². The second-order valence-corrected chi connectivity index (χ2v) is 4.33. The van der Waals surface area contributed by atoms with Crippen molar-refractivity contribution in [1.29, 1.82) is 0 Å². The van der Waals surface area contributed by atoms with Gasteiger partial charge in [-0.1, -0.05) is 36.4 Å². The fraction of sp³-hybridized carbons (Fsp3) is 0.250. The van der Waals surface area contributed by atoms with Crippen LogP contribution in [0.3, 0.4) is 0 Å². The van der Waals surface area contributed by atoms with Gasteiger partial charge in [-0.2, -0.15) is 0 Å². The summed E-state index contributed by atoms with van der Waals surface area (Å²) in [6.45, 7) is 5.95. The highest BCUT2D eigenvalue weighted by Gasteiger charge is 2.08. The molecule has 0 aliphatic carbocycles. The maximum atomic E-state index is 5.78. The zero-order valence-corrected chi connectivity index (χ0v) is 11.0. The molecule has 0 aliphatic heterocycles.